The largest absolute Gasteiger partial charge is 0.469 e. The molecule has 0 amide bonds. The predicted molar refractivity (Wildman–Crippen MR) is 109 cm³/mol. The van der Waals surface area contributed by atoms with Gasteiger partial charge < -0.3 is 19.4 Å². The molecule has 1 aliphatic rings. The number of hydrogen-bond donors (Lipinski definition) is 1. The monoisotopic (exact) mass is 449 g/mol. The van der Waals surface area contributed by atoms with Crippen LogP contribution in [0.1, 0.15) is 39.4 Å². The molecular weight excluding hydrogens is 417 g/mol. The maximum atomic E-state index is 5.58. The van der Waals surface area contributed by atoms with Crippen LogP contribution in [0, 0.1) is 5.92 Å². The molecule has 138 valence electrons. The molecule has 1 aliphatic heterocycles. The number of aliphatic imine (C=N–C) groups is 1. The second kappa shape index (κ2) is 11.7. The van der Waals surface area contributed by atoms with E-state index in [0.29, 0.717) is 12.0 Å². The van der Waals surface area contributed by atoms with Crippen molar-refractivity contribution in [1.82, 2.24) is 10.2 Å². The van der Waals surface area contributed by atoms with E-state index in [2.05, 4.69) is 31.0 Å². The Morgan fingerprint density at radius 2 is 2.33 bits per heavy atom. The van der Waals surface area contributed by atoms with Crippen molar-refractivity contribution in [3.63, 3.8) is 0 Å². The van der Waals surface area contributed by atoms with E-state index in [9.17, 15) is 0 Å². The number of hydrogen-bond acceptors (Lipinski definition) is 3. The van der Waals surface area contributed by atoms with Crippen LogP contribution in [0.15, 0.2) is 27.8 Å². The molecule has 2 rings (SSSR count). The highest BCUT2D eigenvalue weighted by Gasteiger charge is 2.25. The number of halogens is 1. The van der Waals surface area contributed by atoms with E-state index in [1.54, 1.807) is 6.26 Å². The Kier molecular flexibility index (Phi) is 10.4. The Hall–Kier alpha value is -0.760. The average molecular weight is 449 g/mol. The molecule has 0 aliphatic carbocycles. The zero-order valence-corrected chi connectivity index (χ0v) is 17.5. The van der Waals surface area contributed by atoms with Gasteiger partial charge in [-0.05, 0) is 38.8 Å². The molecule has 1 fully saturated rings. The lowest BCUT2D eigenvalue weighted by atomic mass is 10.1. The molecule has 1 aromatic rings. The van der Waals surface area contributed by atoms with Gasteiger partial charge in [-0.2, -0.15) is 0 Å². The standard InChI is InChI=1S/C18H31N3O2.HI/c1-4-15(3)20-18(19-10-8-17-7-6-12-23-17)21-11-9-16(13-21)14-22-5-2;/h6-7,12,15-16H,4-5,8-11,13-14H2,1-3H3,(H,19,20);1H. The number of rotatable bonds is 8. The molecule has 6 heteroatoms. The van der Waals surface area contributed by atoms with Crippen molar-refractivity contribution in [3.8, 4) is 0 Å². The van der Waals surface area contributed by atoms with E-state index >= 15 is 0 Å². The Balaban J connectivity index is 0.00000288. The van der Waals surface area contributed by atoms with Gasteiger partial charge in [0.25, 0.3) is 0 Å². The maximum absolute atomic E-state index is 5.58. The first-order valence-corrected chi connectivity index (χ1v) is 8.89. The third-order valence-electron chi connectivity index (χ3n) is 4.33. The summed E-state index contributed by atoms with van der Waals surface area (Å²) in [5, 5.41) is 3.57. The fourth-order valence-corrected chi connectivity index (χ4v) is 2.73. The van der Waals surface area contributed by atoms with E-state index in [0.717, 1.165) is 57.4 Å². The molecule has 1 saturated heterocycles. The highest BCUT2D eigenvalue weighted by Crippen LogP contribution is 2.17. The van der Waals surface area contributed by atoms with Gasteiger partial charge in [-0.1, -0.05) is 6.92 Å². The molecule has 0 radical (unpaired) electrons. The van der Waals surface area contributed by atoms with Crippen LogP contribution in [0.3, 0.4) is 0 Å². The third-order valence-corrected chi connectivity index (χ3v) is 4.33. The highest BCUT2D eigenvalue weighted by atomic mass is 127. The quantitative estimate of drug-likeness (QED) is 0.375. The van der Waals surface area contributed by atoms with E-state index in [-0.39, 0.29) is 24.0 Å². The average Bonchev–Trinajstić information content (AvgIpc) is 3.23. The number of nitrogens with one attached hydrogen (secondary N) is 1. The minimum absolute atomic E-state index is 0. The molecule has 2 heterocycles. The molecular formula is C18H32IN3O2. The van der Waals surface area contributed by atoms with Crippen molar-refractivity contribution >= 4 is 29.9 Å². The zero-order chi connectivity index (χ0) is 16.5. The molecule has 2 unspecified atom stereocenters. The molecule has 0 aromatic carbocycles. The van der Waals surface area contributed by atoms with Crippen LogP contribution in [0.5, 0.6) is 0 Å². The topological polar surface area (TPSA) is 50.0 Å². The van der Waals surface area contributed by atoms with Crippen LogP contribution >= 0.6 is 24.0 Å². The second-order valence-corrected chi connectivity index (χ2v) is 6.25. The fraction of sp³-hybridized carbons (Fsp3) is 0.722. The number of furan rings is 1. The SMILES string of the molecule is CCOCC1CCN(C(=NCCc2ccco2)NC(C)CC)C1.I. The van der Waals surface area contributed by atoms with Crippen molar-refractivity contribution in [2.75, 3.05) is 32.8 Å². The van der Waals surface area contributed by atoms with Crippen LogP contribution < -0.4 is 5.32 Å². The van der Waals surface area contributed by atoms with Gasteiger partial charge in [-0.3, -0.25) is 4.99 Å². The first-order chi connectivity index (χ1) is 11.2. The Bertz CT molecular complexity index is 465. The molecule has 5 nitrogen and oxygen atoms in total. The normalized spacial score (nSPS) is 19.2. The van der Waals surface area contributed by atoms with Gasteiger partial charge in [-0.25, -0.2) is 0 Å². The summed E-state index contributed by atoms with van der Waals surface area (Å²) in [6.45, 7) is 10.9. The summed E-state index contributed by atoms with van der Waals surface area (Å²) in [5.41, 5.74) is 0. The minimum atomic E-state index is 0. The van der Waals surface area contributed by atoms with Crippen LogP contribution in [-0.2, 0) is 11.2 Å². The van der Waals surface area contributed by atoms with Gasteiger partial charge in [0.15, 0.2) is 5.96 Å². The van der Waals surface area contributed by atoms with Gasteiger partial charge in [0.1, 0.15) is 5.76 Å². The molecule has 2 atom stereocenters. The van der Waals surface area contributed by atoms with Crippen molar-refractivity contribution in [3.05, 3.63) is 24.2 Å². The molecule has 0 bridgehead atoms. The van der Waals surface area contributed by atoms with Gasteiger partial charge in [0, 0.05) is 44.6 Å². The minimum Gasteiger partial charge on any atom is -0.469 e. The molecule has 1 N–H and O–H groups in total. The number of guanidine groups is 1. The fourth-order valence-electron chi connectivity index (χ4n) is 2.73. The van der Waals surface area contributed by atoms with E-state index in [1.807, 2.05) is 12.1 Å². The lowest BCUT2D eigenvalue weighted by Gasteiger charge is -2.25. The highest BCUT2D eigenvalue weighted by molar-refractivity contribution is 14.0. The molecule has 0 spiro atoms. The second-order valence-electron chi connectivity index (χ2n) is 6.25. The van der Waals surface area contributed by atoms with Gasteiger partial charge in [-0.15, -0.1) is 24.0 Å². The summed E-state index contributed by atoms with van der Waals surface area (Å²) in [7, 11) is 0. The summed E-state index contributed by atoms with van der Waals surface area (Å²) < 4.78 is 11.0. The first-order valence-electron chi connectivity index (χ1n) is 8.89. The predicted octanol–water partition coefficient (Wildman–Crippen LogP) is 3.54. The number of nitrogens with zero attached hydrogens (tertiary/aromatic N) is 2. The summed E-state index contributed by atoms with van der Waals surface area (Å²) in [6.07, 6.45) is 4.83. The van der Waals surface area contributed by atoms with Crippen molar-refractivity contribution in [2.24, 2.45) is 10.9 Å². The lowest BCUT2D eigenvalue weighted by Crippen LogP contribution is -2.44. The molecule has 1 aromatic heterocycles. The van der Waals surface area contributed by atoms with Crippen molar-refractivity contribution < 1.29 is 9.15 Å². The van der Waals surface area contributed by atoms with E-state index in [4.69, 9.17) is 14.1 Å². The summed E-state index contributed by atoms with van der Waals surface area (Å²) >= 11 is 0. The Morgan fingerprint density at radius 3 is 3.00 bits per heavy atom. The van der Waals surface area contributed by atoms with Crippen LogP contribution in [-0.4, -0.2) is 49.7 Å². The number of likely N-dealkylation sites (tertiary alicyclic amines) is 1. The zero-order valence-electron chi connectivity index (χ0n) is 15.2. The van der Waals surface area contributed by atoms with Crippen LogP contribution in [0.2, 0.25) is 0 Å². The molecule has 0 saturated carbocycles. The summed E-state index contributed by atoms with van der Waals surface area (Å²) in [4.78, 5) is 7.19. The van der Waals surface area contributed by atoms with E-state index < -0.39 is 0 Å². The van der Waals surface area contributed by atoms with Crippen LogP contribution in [0.25, 0.3) is 0 Å². The van der Waals surface area contributed by atoms with Gasteiger partial charge in [0.2, 0.25) is 0 Å². The Morgan fingerprint density at radius 1 is 1.50 bits per heavy atom. The number of ether oxygens (including phenoxy) is 1. The van der Waals surface area contributed by atoms with Crippen LogP contribution in [0.4, 0.5) is 0 Å². The Labute approximate surface area is 163 Å². The van der Waals surface area contributed by atoms with Gasteiger partial charge >= 0.3 is 0 Å². The summed E-state index contributed by atoms with van der Waals surface area (Å²) in [6, 6.07) is 4.37. The first kappa shape index (κ1) is 21.3. The molecule has 24 heavy (non-hydrogen) atoms. The summed E-state index contributed by atoms with van der Waals surface area (Å²) in [5.74, 6) is 2.64. The third kappa shape index (κ3) is 7.01. The maximum Gasteiger partial charge on any atom is 0.194 e. The lowest BCUT2D eigenvalue weighted by molar-refractivity contribution is 0.114. The van der Waals surface area contributed by atoms with Gasteiger partial charge in [0.05, 0.1) is 12.9 Å². The van der Waals surface area contributed by atoms with E-state index in [1.165, 1.54) is 6.42 Å². The smallest absolute Gasteiger partial charge is 0.194 e. The van der Waals surface area contributed by atoms with Crippen molar-refractivity contribution in [2.45, 2.75) is 46.1 Å². The van der Waals surface area contributed by atoms with Crippen molar-refractivity contribution in [1.29, 1.82) is 0 Å².